The Morgan fingerprint density at radius 2 is 1.46 bits per heavy atom. The molecule has 0 radical (unpaired) electrons. The first-order valence-electron chi connectivity index (χ1n) is 13.6. The van der Waals surface area contributed by atoms with E-state index in [2.05, 4.69) is 5.32 Å². The minimum absolute atomic E-state index is 0.0511. The Morgan fingerprint density at radius 1 is 0.902 bits per heavy atom. The quantitative estimate of drug-likeness (QED) is 0.302. The number of nitrogens with one attached hydrogen (secondary N) is 1. The maximum Gasteiger partial charge on any atom is 0.264 e. The number of amides is 2. The van der Waals surface area contributed by atoms with Gasteiger partial charge >= 0.3 is 0 Å². The van der Waals surface area contributed by atoms with Crippen molar-refractivity contribution in [3.63, 3.8) is 0 Å². The molecule has 0 spiro atoms. The van der Waals surface area contributed by atoms with Gasteiger partial charge in [-0.2, -0.15) is 0 Å². The number of anilines is 1. The molecule has 0 saturated carbocycles. The Balaban J connectivity index is 2.09. The summed E-state index contributed by atoms with van der Waals surface area (Å²) in [7, 11) is -4.16. The number of carbonyl (C=O) groups excluding carboxylic acids is 2. The van der Waals surface area contributed by atoms with Crippen LogP contribution in [0.4, 0.5) is 5.69 Å². The van der Waals surface area contributed by atoms with Crippen LogP contribution in [-0.2, 0) is 26.2 Å². The van der Waals surface area contributed by atoms with Crippen molar-refractivity contribution in [2.45, 2.75) is 77.9 Å². The Bertz CT molecular complexity index is 1480. The molecule has 0 bridgehead atoms. The zero-order valence-corrected chi connectivity index (χ0v) is 26.4. The number of sulfonamides is 1. The number of carbonyl (C=O) groups is 2. The zero-order valence-electron chi connectivity index (χ0n) is 24.9. The molecule has 1 N–H and O–H groups in total. The molecule has 1 unspecified atom stereocenters. The summed E-state index contributed by atoms with van der Waals surface area (Å²) in [5.41, 5.74) is 3.33. The summed E-state index contributed by atoms with van der Waals surface area (Å²) in [6.45, 7) is 12.8. The lowest BCUT2D eigenvalue weighted by Gasteiger charge is -2.35. The van der Waals surface area contributed by atoms with E-state index in [0.29, 0.717) is 11.4 Å². The van der Waals surface area contributed by atoms with Gasteiger partial charge in [0.15, 0.2) is 0 Å². The van der Waals surface area contributed by atoms with Crippen LogP contribution >= 0.6 is 11.6 Å². The summed E-state index contributed by atoms with van der Waals surface area (Å²) in [4.78, 5) is 29.1. The second kappa shape index (κ2) is 13.1. The molecule has 2 amide bonds. The number of aryl methyl sites for hydroxylation is 3. The van der Waals surface area contributed by atoms with E-state index in [9.17, 15) is 18.0 Å². The molecule has 0 aliphatic rings. The van der Waals surface area contributed by atoms with E-state index in [0.717, 1.165) is 26.6 Å². The standard InChI is InChI=1S/C32H40ClN3O4S/c1-8-29(31(38)34-32(5,6)7)35(20-25-14-9-22(2)10-15-25)30(37)21-36(26-16-13-24(4)28(33)19-26)41(39,40)27-17-11-23(3)12-18-27/h9-19,29H,8,20-21H2,1-7H3,(H,34,38). The molecular formula is C32H40ClN3O4S. The second-order valence-electron chi connectivity index (χ2n) is 11.4. The lowest BCUT2D eigenvalue weighted by Crippen LogP contribution is -2.55. The van der Waals surface area contributed by atoms with Crippen LogP contribution in [0.25, 0.3) is 0 Å². The first-order chi connectivity index (χ1) is 19.1. The highest BCUT2D eigenvalue weighted by Gasteiger charge is 2.34. The third kappa shape index (κ3) is 8.33. The Labute approximate surface area is 249 Å². The molecule has 0 heterocycles. The van der Waals surface area contributed by atoms with Gasteiger partial charge in [-0.1, -0.05) is 72.1 Å². The van der Waals surface area contributed by atoms with Crippen LogP contribution in [0.15, 0.2) is 71.6 Å². The van der Waals surface area contributed by atoms with Crippen molar-refractivity contribution >= 4 is 39.1 Å². The molecule has 0 aromatic heterocycles. The van der Waals surface area contributed by atoms with Gasteiger partial charge in [0.2, 0.25) is 11.8 Å². The molecule has 0 fully saturated rings. The van der Waals surface area contributed by atoms with Gasteiger partial charge in [-0.25, -0.2) is 8.42 Å². The summed E-state index contributed by atoms with van der Waals surface area (Å²) < 4.78 is 29.0. The van der Waals surface area contributed by atoms with Crippen molar-refractivity contribution in [2.24, 2.45) is 0 Å². The van der Waals surface area contributed by atoms with Gasteiger partial charge in [0.25, 0.3) is 10.0 Å². The highest BCUT2D eigenvalue weighted by Crippen LogP contribution is 2.29. The normalized spacial score (nSPS) is 12.5. The molecule has 0 aliphatic heterocycles. The van der Waals surface area contributed by atoms with Gasteiger partial charge in [0.05, 0.1) is 10.6 Å². The van der Waals surface area contributed by atoms with Crippen LogP contribution in [0, 0.1) is 20.8 Å². The van der Waals surface area contributed by atoms with Crippen LogP contribution < -0.4 is 9.62 Å². The molecule has 41 heavy (non-hydrogen) atoms. The fraction of sp³-hybridized carbons (Fsp3) is 0.375. The van der Waals surface area contributed by atoms with Crippen molar-refractivity contribution in [1.29, 1.82) is 0 Å². The molecule has 9 heteroatoms. The van der Waals surface area contributed by atoms with Gasteiger partial charge in [0.1, 0.15) is 12.6 Å². The van der Waals surface area contributed by atoms with Crippen molar-refractivity contribution in [3.05, 3.63) is 94.0 Å². The van der Waals surface area contributed by atoms with Crippen LogP contribution in [0.5, 0.6) is 0 Å². The summed E-state index contributed by atoms with van der Waals surface area (Å²) in [5, 5.41) is 3.36. The lowest BCUT2D eigenvalue weighted by molar-refractivity contribution is -0.141. The Hall–Kier alpha value is -3.36. The van der Waals surface area contributed by atoms with E-state index in [4.69, 9.17) is 11.6 Å². The van der Waals surface area contributed by atoms with Crippen LogP contribution in [0.3, 0.4) is 0 Å². The van der Waals surface area contributed by atoms with E-state index in [-0.39, 0.29) is 23.0 Å². The number of hydrogen-bond donors (Lipinski definition) is 1. The predicted octanol–water partition coefficient (Wildman–Crippen LogP) is 6.18. The third-order valence-corrected chi connectivity index (χ3v) is 8.88. The van der Waals surface area contributed by atoms with Gasteiger partial charge in [-0.05, 0) is 83.4 Å². The monoisotopic (exact) mass is 597 g/mol. The Kier molecular flexibility index (Phi) is 10.3. The van der Waals surface area contributed by atoms with Gasteiger partial charge in [-0.3, -0.25) is 13.9 Å². The highest BCUT2D eigenvalue weighted by atomic mass is 35.5. The first kappa shape index (κ1) is 32.2. The summed E-state index contributed by atoms with van der Waals surface area (Å²) in [5.74, 6) is -0.805. The Morgan fingerprint density at radius 3 is 1.98 bits per heavy atom. The summed E-state index contributed by atoms with van der Waals surface area (Å²) in [6, 6.07) is 18.2. The largest absolute Gasteiger partial charge is 0.350 e. The van der Waals surface area contributed by atoms with E-state index in [1.165, 1.54) is 17.0 Å². The van der Waals surface area contributed by atoms with Gasteiger partial charge < -0.3 is 10.2 Å². The van der Waals surface area contributed by atoms with Gasteiger partial charge in [0, 0.05) is 17.1 Å². The third-order valence-electron chi connectivity index (χ3n) is 6.69. The first-order valence-corrected chi connectivity index (χ1v) is 15.5. The molecule has 3 aromatic carbocycles. The van der Waals surface area contributed by atoms with Crippen molar-refractivity contribution in [2.75, 3.05) is 10.8 Å². The van der Waals surface area contributed by atoms with E-state index in [1.54, 1.807) is 30.3 Å². The number of nitrogens with zero attached hydrogens (tertiary/aromatic N) is 2. The molecule has 1 atom stereocenters. The number of rotatable bonds is 10. The number of halogens is 1. The van der Waals surface area contributed by atoms with Crippen LogP contribution in [0.1, 0.15) is 56.4 Å². The summed E-state index contributed by atoms with van der Waals surface area (Å²) in [6.07, 6.45) is 0.348. The number of hydrogen-bond acceptors (Lipinski definition) is 4. The fourth-order valence-corrected chi connectivity index (χ4v) is 5.95. The average Bonchev–Trinajstić information content (AvgIpc) is 2.89. The molecule has 0 aliphatic carbocycles. The molecule has 3 rings (SSSR count). The molecule has 7 nitrogen and oxygen atoms in total. The van der Waals surface area contributed by atoms with Crippen LogP contribution in [0.2, 0.25) is 5.02 Å². The SMILES string of the molecule is CCC(C(=O)NC(C)(C)C)N(Cc1ccc(C)cc1)C(=O)CN(c1ccc(C)c(Cl)c1)S(=O)(=O)c1ccc(C)cc1. The van der Waals surface area contributed by atoms with E-state index in [1.807, 2.05) is 72.7 Å². The van der Waals surface area contributed by atoms with E-state index < -0.39 is 34.1 Å². The topological polar surface area (TPSA) is 86.8 Å². The maximum atomic E-state index is 14.2. The minimum atomic E-state index is -4.16. The molecule has 3 aromatic rings. The van der Waals surface area contributed by atoms with Crippen molar-refractivity contribution in [1.82, 2.24) is 10.2 Å². The number of benzene rings is 3. The smallest absolute Gasteiger partial charge is 0.264 e. The lowest BCUT2D eigenvalue weighted by atomic mass is 10.1. The molecule has 0 saturated heterocycles. The average molecular weight is 598 g/mol. The van der Waals surface area contributed by atoms with Gasteiger partial charge in [-0.15, -0.1) is 0 Å². The minimum Gasteiger partial charge on any atom is -0.350 e. The summed E-state index contributed by atoms with van der Waals surface area (Å²) >= 11 is 6.40. The van der Waals surface area contributed by atoms with Crippen LogP contribution in [-0.4, -0.2) is 43.3 Å². The maximum absolute atomic E-state index is 14.2. The second-order valence-corrected chi connectivity index (χ2v) is 13.7. The van der Waals surface area contributed by atoms with E-state index >= 15 is 0 Å². The zero-order chi connectivity index (χ0) is 30.5. The molecule has 220 valence electrons. The molecular weight excluding hydrogens is 558 g/mol. The highest BCUT2D eigenvalue weighted by molar-refractivity contribution is 7.92. The fourth-order valence-electron chi connectivity index (χ4n) is 4.37. The van der Waals surface area contributed by atoms with Crippen molar-refractivity contribution in [3.8, 4) is 0 Å². The van der Waals surface area contributed by atoms with Crippen molar-refractivity contribution < 1.29 is 18.0 Å². The predicted molar refractivity (Wildman–Crippen MR) is 166 cm³/mol.